The molecule has 2 aromatic carbocycles. The Kier molecular flexibility index (Phi) is 5.75. The van der Waals surface area contributed by atoms with Crippen molar-refractivity contribution in [3.63, 3.8) is 0 Å². The van der Waals surface area contributed by atoms with Crippen molar-refractivity contribution in [3.05, 3.63) is 64.7 Å². The summed E-state index contributed by atoms with van der Waals surface area (Å²) in [4.78, 5) is 25.0. The Morgan fingerprint density at radius 2 is 1.78 bits per heavy atom. The van der Waals surface area contributed by atoms with E-state index in [1.165, 1.54) is 6.07 Å². The molecule has 1 aliphatic carbocycles. The number of carbonyl (C=O) groups excluding carboxylic acids is 2. The molecule has 0 atom stereocenters. The van der Waals surface area contributed by atoms with Crippen LogP contribution in [0.5, 0.6) is 0 Å². The second-order valence-electron chi connectivity index (χ2n) is 6.66. The number of amides is 2. The lowest BCUT2D eigenvalue weighted by atomic mass is 9.78. The summed E-state index contributed by atoms with van der Waals surface area (Å²) in [5, 5.41) is 5.66. The van der Waals surface area contributed by atoms with Crippen LogP contribution in [0.25, 0.3) is 0 Å². The highest BCUT2D eigenvalue weighted by molar-refractivity contribution is 6.30. The first kappa shape index (κ1) is 19.3. The summed E-state index contributed by atoms with van der Waals surface area (Å²) < 4.78 is 26.2. The van der Waals surface area contributed by atoms with E-state index in [2.05, 4.69) is 10.6 Å². The molecule has 1 aliphatic rings. The fourth-order valence-electron chi connectivity index (χ4n) is 3.52. The number of carbonyl (C=O) groups is 2. The van der Waals surface area contributed by atoms with Gasteiger partial charge in [-0.1, -0.05) is 36.6 Å². The van der Waals surface area contributed by atoms with Gasteiger partial charge in [-0.05, 0) is 42.7 Å². The number of anilines is 1. The minimum atomic E-state index is -1.05. The molecule has 0 heterocycles. The van der Waals surface area contributed by atoms with Gasteiger partial charge in [-0.2, -0.15) is 0 Å². The molecule has 0 bridgehead atoms. The third-order valence-electron chi connectivity index (χ3n) is 4.88. The molecule has 1 fully saturated rings. The molecule has 0 aliphatic heterocycles. The largest absolute Gasteiger partial charge is 0.346 e. The summed E-state index contributed by atoms with van der Waals surface area (Å²) >= 11 is 6.08. The highest BCUT2D eigenvalue weighted by Gasteiger charge is 2.42. The van der Waals surface area contributed by atoms with Gasteiger partial charge in [0.15, 0.2) is 11.6 Å². The lowest BCUT2D eigenvalue weighted by molar-refractivity contribution is -0.128. The van der Waals surface area contributed by atoms with Gasteiger partial charge in [0.1, 0.15) is 0 Å². The molecule has 7 heteroatoms. The van der Waals surface area contributed by atoms with E-state index < -0.39 is 23.0 Å². The van der Waals surface area contributed by atoms with E-state index in [-0.39, 0.29) is 18.1 Å². The highest BCUT2D eigenvalue weighted by Crippen LogP contribution is 2.42. The lowest BCUT2D eigenvalue weighted by Crippen LogP contribution is -2.45. The predicted molar refractivity (Wildman–Crippen MR) is 99.6 cm³/mol. The average molecular weight is 393 g/mol. The fraction of sp³-hybridized carbons (Fsp3) is 0.300. The van der Waals surface area contributed by atoms with Crippen molar-refractivity contribution in [1.82, 2.24) is 5.32 Å². The molecule has 3 rings (SSSR count). The third-order valence-corrected chi connectivity index (χ3v) is 5.12. The van der Waals surface area contributed by atoms with Gasteiger partial charge < -0.3 is 10.6 Å². The first-order valence-corrected chi connectivity index (χ1v) is 9.08. The maximum absolute atomic E-state index is 13.2. The second-order valence-corrected chi connectivity index (χ2v) is 7.10. The topological polar surface area (TPSA) is 58.2 Å². The zero-order chi connectivity index (χ0) is 19.4. The molecule has 2 aromatic rings. The summed E-state index contributed by atoms with van der Waals surface area (Å²) in [5.74, 6) is -2.80. The molecular weight excluding hydrogens is 374 g/mol. The molecule has 142 valence electrons. The SMILES string of the molecule is O=C(CNC(=O)C1(c2cccc(Cl)c2)CCCC1)Nc1ccc(F)c(F)c1. The van der Waals surface area contributed by atoms with Gasteiger partial charge in [-0.3, -0.25) is 9.59 Å². The second kappa shape index (κ2) is 8.05. The Morgan fingerprint density at radius 1 is 1.04 bits per heavy atom. The molecule has 2 amide bonds. The van der Waals surface area contributed by atoms with Gasteiger partial charge in [0.25, 0.3) is 0 Å². The Hall–Kier alpha value is -2.47. The Labute approximate surface area is 160 Å². The van der Waals surface area contributed by atoms with E-state index >= 15 is 0 Å². The minimum absolute atomic E-state index is 0.124. The number of hydrogen-bond acceptors (Lipinski definition) is 2. The van der Waals surface area contributed by atoms with Crippen molar-refractivity contribution < 1.29 is 18.4 Å². The van der Waals surface area contributed by atoms with Gasteiger partial charge in [-0.15, -0.1) is 0 Å². The maximum Gasteiger partial charge on any atom is 0.243 e. The van der Waals surface area contributed by atoms with Crippen molar-refractivity contribution >= 4 is 29.1 Å². The Balaban J connectivity index is 1.66. The quantitative estimate of drug-likeness (QED) is 0.801. The monoisotopic (exact) mass is 392 g/mol. The lowest BCUT2D eigenvalue weighted by Gasteiger charge is -2.28. The summed E-state index contributed by atoms with van der Waals surface area (Å²) in [6, 6.07) is 10.3. The van der Waals surface area contributed by atoms with E-state index in [0.29, 0.717) is 17.9 Å². The molecule has 0 unspecified atom stereocenters. The highest BCUT2D eigenvalue weighted by atomic mass is 35.5. The molecule has 2 N–H and O–H groups in total. The third kappa shape index (κ3) is 4.27. The standard InChI is InChI=1S/C20H19ClF2N2O2/c21-14-5-3-4-13(10-14)20(8-1-2-9-20)19(27)24-12-18(26)25-15-6-7-16(22)17(23)11-15/h3-7,10-11H,1-2,8-9,12H2,(H,24,27)(H,25,26). The van der Waals surface area contributed by atoms with Crippen molar-refractivity contribution in [2.24, 2.45) is 0 Å². The predicted octanol–water partition coefficient (Wildman–Crippen LogP) is 4.18. The first-order valence-electron chi connectivity index (χ1n) is 8.70. The molecule has 4 nitrogen and oxygen atoms in total. The van der Waals surface area contributed by atoms with Gasteiger partial charge in [0, 0.05) is 16.8 Å². The number of halogens is 3. The average Bonchev–Trinajstić information content (AvgIpc) is 3.14. The van der Waals surface area contributed by atoms with Crippen molar-refractivity contribution in [3.8, 4) is 0 Å². The van der Waals surface area contributed by atoms with E-state index in [1.54, 1.807) is 18.2 Å². The summed E-state index contributed by atoms with van der Waals surface area (Å²) in [6.07, 6.45) is 3.20. The fourth-order valence-corrected chi connectivity index (χ4v) is 3.71. The van der Waals surface area contributed by atoms with E-state index in [1.807, 2.05) is 6.07 Å². The van der Waals surface area contributed by atoms with Gasteiger partial charge >= 0.3 is 0 Å². The van der Waals surface area contributed by atoms with Crippen LogP contribution in [-0.2, 0) is 15.0 Å². The molecule has 0 spiro atoms. The normalized spacial score (nSPS) is 15.4. The van der Waals surface area contributed by atoms with Gasteiger partial charge in [-0.25, -0.2) is 8.78 Å². The van der Waals surface area contributed by atoms with Crippen LogP contribution in [0.2, 0.25) is 5.02 Å². The van der Waals surface area contributed by atoms with E-state index in [9.17, 15) is 18.4 Å². The zero-order valence-electron chi connectivity index (χ0n) is 14.5. The Morgan fingerprint density at radius 3 is 2.44 bits per heavy atom. The van der Waals surface area contributed by atoms with Crippen LogP contribution in [-0.4, -0.2) is 18.4 Å². The molecule has 0 radical (unpaired) electrons. The van der Waals surface area contributed by atoms with Crippen LogP contribution in [0.1, 0.15) is 31.2 Å². The molecule has 1 saturated carbocycles. The smallest absolute Gasteiger partial charge is 0.243 e. The van der Waals surface area contributed by atoms with Crippen molar-refractivity contribution in [2.45, 2.75) is 31.1 Å². The van der Waals surface area contributed by atoms with Crippen LogP contribution >= 0.6 is 11.6 Å². The summed E-state index contributed by atoms with van der Waals surface area (Å²) in [6.45, 7) is -0.264. The summed E-state index contributed by atoms with van der Waals surface area (Å²) in [7, 11) is 0. The van der Waals surface area contributed by atoms with Crippen molar-refractivity contribution in [1.29, 1.82) is 0 Å². The maximum atomic E-state index is 13.2. The summed E-state index contributed by atoms with van der Waals surface area (Å²) in [5.41, 5.74) is 0.261. The van der Waals surface area contributed by atoms with Crippen LogP contribution < -0.4 is 10.6 Å². The first-order chi connectivity index (χ1) is 12.9. The number of benzene rings is 2. The minimum Gasteiger partial charge on any atom is -0.346 e. The zero-order valence-corrected chi connectivity index (χ0v) is 15.3. The molecule has 0 saturated heterocycles. The molecule has 27 heavy (non-hydrogen) atoms. The molecule has 0 aromatic heterocycles. The van der Waals surface area contributed by atoms with Crippen molar-refractivity contribution in [2.75, 3.05) is 11.9 Å². The number of rotatable bonds is 5. The van der Waals surface area contributed by atoms with Crippen LogP contribution in [0.4, 0.5) is 14.5 Å². The number of nitrogens with one attached hydrogen (secondary N) is 2. The van der Waals surface area contributed by atoms with Crippen LogP contribution in [0.15, 0.2) is 42.5 Å². The number of hydrogen-bond donors (Lipinski definition) is 2. The van der Waals surface area contributed by atoms with E-state index in [4.69, 9.17) is 11.6 Å². The van der Waals surface area contributed by atoms with Gasteiger partial charge in [0.2, 0.25) is 11.8 Å². The molecular formula is C20H19ClF2N2O2. The van der Waals surface area contributed by atoms with Crippen LogP contribution in [0, 0.1) is 11.6 Å². The van der Waals surface area contributed by atoms with Crippen LogP contribution in [0.3, 0.4) is 0 Å². The Bertz CT molecular complexity index is 867. The van der Waals surface area contributed by atoms with E-state index in [0.717, 1.165) is 30.5 Å². The van der Waals surface area contributed by atoms with Gasteiger partial charge in [0.05, 0.1) is 12.0 Å².